The number of carbonyl (C=O) groups is 2. The average Bonchev–Trinajstić information content (AvgIpc) is 2.71. The predicted molar refractivity (Wildman–Crippen MR) is 60.5 cm³/mol. The van der Waals surface area contributed by atoms with Crippen LogP contribution in [0.3, 0.4) is 0 Å². The summed E-state index contributed by atoms with van der Waals surface area (Å²) in [6.07, 6.45) is 0. The van der Waals surface area contributed by atoms with E-state index in [0.29, 0.717) is 16.8 Å². The molecular weight excluding hydrogens is 236 g/mol. The molecule has 2 aliphatic rings. The lowest BCUT2D eigenvalue weighted by Crippen LogP contribution is -2.44. The number of nitrogens with one attached hydrogen (secondary N) is 2. The van der Waals surface area contributed by atoms with Gasteiger partial charge in [0.05, 0.1) is 17.3 Å². The van der Waals surface area contributed by atoms with Crippen LogP contribution in [0, 0.1) is 0 Å². The number of hydrogen-bond donors (Lipinski definition) is 3. The first kappa shape index (κ1) is 10.6. The van der Waals surface area contributed by atoms with E-state index in [1.807, 2.05) is 0 Å². The van der Waals surface area contributed by atoms with E-state index in [9.17, 15) is 14.7 Å². The zero-order valence-electron chi connectivity index (χ0n) is 9.27. The number of benzene rings is 1. The molecule has 0 fully saturated rings. The molecule has 1 aromatic rings. The van der Waals surface area contributed by atoms with Gasteiger partial charge in [0.25, 0.3) is 0 Å². The Kier molecular flexibility index (Phi) is 2.22. The summed E-state index contributed by atoms with van der Waals surface area (Å²) in [5, 5.41) is 14.5. The standard InChI is InChI=1S/C12H10N2O4/c15-7-3-1-6(2-4-7)10-9-8(5-18-11(9)16)13-12(17)14-10/h1-4,10,15H,5H2,(H2,13,14,17)/t10-/m1/s1. The van der Waals surface area contributed by atoms with Crippen molar-refractivity contribution >= 4 is 12.0 Å². The molecule has 3 N–H and O–H groups in total. The highest BCUT2D eigenvalue weighted by Crippen LogP contribution is 2.31. The van der Waals surface area contributed by atoms with Crippen LogP contribution in [0.4, 0.5) is 4.79 Å². The van der Waals surface area contributed by atoms with E-state index in [2.05, 4.69) is 10.6 Å². The topological polar surface area (TPSA) is 87.7 Å². The predicted octanol–water partition coefficient (Wildman–Crippen LogP) is 0.557. The SMILES string of the molecule is O=C1NC2=C(C(=O)OC2)[C@@H](c2ccc(O)cc2)N1. The van der Waals surface area contributed by atoms with Gasteiger partial charge >= 0.3 is 12.0 Å². The minimum atomic E-state index is -0.538. The number of amides is 2. The number of ether oxygens (including phenoxy) is 1. The molecule has 0 bridgehead atoms. The molecule has 2 heterocycles. The first-order valence-electron chi connectivity index (χ1n) is 5.42. The molecule has 0 saturated carbocycles. The average molecular weight is 246 g/mol. The highest BCUT2D eigenvalue weighted by Gasteiger charge is 2.37. The third kappa shape index (κ3) is 1.58. The number of phenolic OH excluding ortho intramolecular Hbond substituents is 1. The zero-order valence-corrected chi connectivity index (χ0v) is 9.27. The minimum absolute atomic E-state index is 0.0934. The first-order chi connectivity index (χ1) is 8.65. The van der Waals surface area contributed by atoms with Crippen molar-refractivity contribution in [3.8, 4) is 5.75 Å². The molecule has 0 spiro atoms. The molecular formula is C12H10N2O4. The molecule has 2 aliphatic heterocycles. The van der Waals surface area contributed by atoms with Crippen LogP contribution in [-0.2, 0) is 9.53 Å². The Morgan fingerprint density at radius 3 is 2.67 bits per heavy atom. The second kappa shape index (κ2) is 3.76. The van der Waals surface area contributed by atoms with Crippen LogP contribution in [0.15, 0.2) is 35.5 Å². The number of esters is 1. The summed E-state index contributed by atoms with van der Waals surface area (Å²) >= 11 is 0. The van der Waals surface area contributed by atoms with E-state index >= 15 is 0 Å². The van der Waals surface area contributed by atoms with Crippen LogP contribution in [-0.4, -0.2) is 23.7 Å². The number of urea groups is 1. The molecule has 1 aromatic carbocycles. The van der Waals surface area contributed by atoms with Crippen molar-refractivity contribution in [3.05, 3.63) is 41.1 Å². The van der Waals surface area contributed by atoms with Gasteiger partial charge in [-0.2, -0.15) is 0 Å². The number of aromatic hydroxyl groups is 1. The highest BCUT2D eigenvalue weighted by molar-refractivity contribution is 5.97. The van der Waals surface area contributed by atoms with Gasteiger partial charge in [0, 0.05) is 0 Å². The van der Waals surface area contributed by atoms with E-state index in [4.69, 9.17) is 4.74 Å². The molecule has 2 amide bonds. The maximum Gasteiger partial charge on any atom is 0.338 e. The van der Waals surface area contributed by atoms with Crippen molar-refractivity contribution in [1.82, 2.24) is 10.6 Å². The third-order valence-electron chi connectivity index (χ3n) is 2.95. The van der Waals surface area contributed by atoms with Gasteiger partial charge in [0.2, 0.25) is 0 Å². The van der Waals surface area contributed by atoms with Crippen LogP contribution < -0.4 is 10.6 Å². The Bertz CT molecular complexity index is 562. The van der Waals surface area contributed by atoms with E-state index in [1.54, 1.807) is 12.1 Å². The monoisotopic (exact) mass is 246 g/mol. The van der Waals surface area contributed by atoms with Gasteiger partial charge < -0.3 is 20.5 Å². The third-order valence-corrected chi connectivity index (χ3v) is 2.95. The second-order valence-electron chi connectivity index (χ2n) is 4.09. The van der Waals surface area contributed by atoms with Crippen molar-refractivity contribution < 1.29 is 19.4 Å². The summed E-state index contributed by atoms with van der Waals surface area (Å²) in [5.74, 6) is -0.308. The fourth-order valence-corrected chi connectivity index (χ4v) is 2.11. The summed E-state index contributed by atoms with van der Waals surface area (Å²) in [6, 6.07) is 5.41. The summed E-state index contributed by atoms with van der Waals surface area (Å²) < 4.78 is 4.91. The number of rotatable bonds is 1. The van der Waals surface area contributed by atoms with Crippen molar-refractivity contribution in [1.29, 1.82) is 0 Å². The van der Waals surface area contributed by atoms with E-state index in [1.165, 1.54) is 12.1 Å². The van der Waals surface area contributed by atoms with Gasteiger partial charge in [-0.1, -0.05) is 12.1 Å². The van der Waals surface area contributed by atoms with Gasteiger partial charge in [-0.25, -0.2) is 9.59 Å². The molecule has 0 aliphatic carbocycles. The quantitative estimate of drug-likeness (QED) is 0.632. The van der Waals surface area contributed by atoms with Crippen LogP contribution in [0.25, 0.3) is 0 Å². The second-order valence-corrected chi connectivity index (χ2v) is 4.09. The molecule has 18 heavy (non-hydrogen) atoms. The summed E-state index contributed by atoms with van der Waals surface area (Å²) in [5.41, 5.74) is 1.64. The van der Waals surface area contributed by atoms with Crippen LogP contribution >= 0.6 is 0 Å². The first-order valence-corrected chi connectivity index (χ1v) is 5.42. The molecule has 0 saturated heterocycles. The van der Waals surface area contributed by atoms with E-state index in [0.717, 1.165) is 0 Å². The smallest absolute Gasteiger partial charge is 0.338 e. The van der Waals surface area contributed by atoms with Gasteiger partial charge in [-0.15, -0.1) is 0 Å². The molecule has 3 rings (SSSR count). The van der Waals surface area contributed by atoms with Gasteiger partial charge in [-0.3, -0.25) is 0 Å². The van der Waals surface area contributed by atoms with Crippen LogP contribution in [0.5, 0.6) is 5.75 Å². The lowest BCUT2D eigenvalue weighted by atomic mass is 9.96. The minimum Gasteiger partial charge on any atom is -0.508 e. The summed E-state index contributed by atoms with van der Waals surface area (Å²) in [7, 11) is 0. The lowest BCUT2D eigenvalue weighted by molar-refractivity contribution is -0.136. The number of phenols is 1. The fourth-order valence-electron chi connectivity index (χ4n) is 2.11. The van der Waals surface area contributed by atoms with E-state index in [-0.39, 0.29) is 18.4 Å². The Morgan fingerprint density at radius 1 is 1.22 bits per heavy atom. The Labute approximate surface area is 102 Å². The van der Waals surface area contributed by atoms with Crippen molar-refractivity contribution in [3.63, 3.8) is 0 Å². The Morgan fingerprint density at radius 2 is 1.94 bits per heavy atom. The molecule has 0 aromatic heterocycles. The molecule has 92 valence electrons. The number of cyclic esters (lactones) is 1. The Hall–Kier alpha value is -2.50. The van der Waals surface area contributed by atoms with Crippen LogP contribution in [0.1, 0.15) is 11.6 Å². The molecule has 1 atom stereocenters. The van der Waals surface area contributed by atoms with Gasteiger partial charge in [0.15, 0.2) is 0 Å². The number of carbonyl (C=O) groups excluding carboxylic acids is 2. The largest absolute Gasteiger partial charge is 0.508 e. The molecule has 0 unspecified atom stereocenters. The normalized spacial score (nSPS) is 22.1. The van der Waals surface area contributed by atoms with Crippen molar-refractivity contribution in [2.45, 2.75) is 6.04 Å². The van der Waals surface area contributed by atoms with Crippen molar-refractivity contribution in [2.75, 3.05) is 6.61 Å². The van der Waals surface area contributed by atoms with Gasteiger partial charge in [-0.05, 0) is 17.7 Å². The number of hydrogen-bond acceptors (Lipinski definition) is 4. The van der Waals surface area contributed by atoms with E-state index < -0.39 is 12.0 Å². The maximum absolute atomic E-state index is 11.6. The summed E-state index contributed by atoms with van der Waals surface area (Å²) in [4.78, 5) is 23.1. The van der Waals surface area contributed by atoms with Gasteiger partial charge in [0.1, 0.15) is 12.4 Å². The zero-order chi connectivity index (χ0) is 12.7. The molecule has 6 heteroatoms. The Balaban J connectivity index is 2.04. The van der Waals surface area contributed by atoms with Crippen LogP contribution in [0.2, 0.25) is 0 Å². The highest BCUT2D eigenvalue weighted by atomic mass is 16.5. The fraction of sp³-hybridized carbons (Fsp3) is 0.167. The molecule has 6 nitrogen and oxygen atoms in total. The summed E-state index contributed by atoms with van der Waals surface area (Å²) in [6.45, 7) is 0.0934. The molecule has 0 radical (unpaired) electrons. The van der Waals surface area contributed by atoms with Crippen molar-refractivity contribution in [2.24, 2.45) is 0 Å². The lowest BCUT2D eigenvalue weighted by Gasteiger charge is -2.24. The maximum atomic E-state index is 11.6.